The van der Waals surface area contributed by atoms with Crippen LogP contribution >= 0.6 is 0 Å². The molecular weight excluding hydrogens is 326 g/mol. The number of sulfonamides is 1. The van der Waals surface area contributed by atoms with E-state index < -0.39 is 14.8 Å². The Kier molecular flexibility index (Phi) is 4.43. The molecule has 1 aliphatic carbocycles. The molecule has 2 aromatic carbocycles. The van der Waals surface area contributed by atoms with E-state index in [1.165, 1.54) is 7.11 Å². The second-order valence-corrected chi connectivity index (χ2v) is 8.07. The number of hydrogen-bond donors (Lipinski definition) is 1. The molecule has 1 fully saturated rings. The number of methoxy groups -OCH3 is 1. The van der Waals surface area contributed by atoms with Crippen molar-refractivity contribution >= 4 is 21.5 Å². The molecule has 0 amide bonds. The van der Waals surface area contributed by atoms with E-state index in [2.05, 4.69) is 4.72 Å². The van der Waals surface area contributed by atoms with Crippen LogP contribution in [0.5, 0.6) is 0 Å². The summed E-state index contributed by atoms with van der Waals surface area (Å²) in [6.45, 7) is 0.172. The third-order valence-electron chi connectivity index (χ3n) is 4.20. The molecule has 5 nitrogen and oxygen atoms in total. The number of carbonyl (C=O) groups excluding carboxylic acids is 1. The highest BCUT2D eigenvalue weighted by Crippen LogP contribution is 2.44. The Morgan fingerprint density at radius 3 is 2.38 bits per heavy atom. The second-order valence-electron chi connectivity index (χ2n) is 6.00. The van der Waals surface area contributed by atoms with E-state index in [0.717, 1.165) is 0 Å². The van der Waals surface area contributed by atoms with Crippen molar-refractivity contribution in [1.29, 1.82) is 0 Å². The van der Waals surface area contributed by atoms with Crippen LogP contribution in [0.15, 0.2) is 54.6 Å². The van der Waals surface area contributed by atoms with E-state index in [9.17, 15) is 13.2 Å². The first-order valence-corrected chi connectivity index (χ1v) is 9.17. The zero-order valence-electron chi connectivity index (χ0n) is 13.4. The minimum atomic E-state index is -3.56. The zero-order valence-corrected chi connectivity index (χ0v) is 14.2. The van der Waals surface area contributed by atoms with Crippen molar-refractivity contribution in [3.8, 4) is 0 Å². The van der Waals surface area contributed by atoms with E-state index in [1.54, 1.807) is 48.5 Å². The standard InChI is InChI=1S/C18H19NO4S/c1-23-13-18(10-11-18)24(21,22)19-16-9-5-8-15(12-16)17(20)14-6-3-2-4-7-14/h2-9,12,19H,10-11,13H2,1H3. The van der Waals surface area contributed by atoms with Gasteiger partial charge in [-0.1, -0.05) is 42.5 Å². The molecule has 126 valence electrons. The van der Waals surface area contributed by atoms with Gasteiger partial charge in [-0.15, -0.1) is 0 Å². The second kappa shape index (κ2) is 6.37. The Balaban J connectivity index is 1.83. The number of rotatable bonds is 7. The van der Waals surface area contributed by atoms with Crippen LogP contribution < -0.4 is 4.72 Å². The summed E-state index contributed by atoms with van der Waals surface area (Å²) in [6, 6.07) is 15.4. The van der Waals surface area contributed by atoms with Crippen molar-refractivity contribution in [2.24, 2.45) is 0 Å². The van der Waals surface area contributed by atoms with E-state index >= 15 is 0 Å². The summed E-state index contributed by atoms with van der Waals surface area (Å²) >= 11 is 0. The van der Waals surface area contributed by atoms with Gasteiger partial charge in [0.15, 0.2) is 5.78 Å². The normalized spacial score (nSPS) is 15.7. The van der Waals surface area contributed by atoms with Gasteiger partial charge in [0, 0.05) is 23.9 Å². The minimum absolute atomic E-state index is 0.144. The number of ketones is 1. The molecule has 0 spiro atoms. The van der Waals surface area contributed by atoms with Crippen LogP contribution in [-0.4, -0.2) is 32.7 Å². The molecule has 3 rings (SSSR count). The van der Waals surface area contributed by atoms with Crippen molar-refractivity contribution in [1.82, 2.24) is 0 Å². The van der Waals surface area contributed by atoms with E-state index in [0.29, 0.717) is 29.7 Å². The van der Waals surface area contributed by atoms with Crippen molar-refractivity contribution < 1.29 is 17.9 Å². The van der Waals surface area contributed by atoms with Gasteiger partial charge >= 0.3 is 0 Å². The molecule has 0 atom stereocenters. The first kappa shape index (κ1) is 16.7. The number of ether oxygens (including phenoxy) is 1. The quantitative estimate of drug-likeness (QED) is 0.783. The summed E-state index contributed by atoms with van der Waals surface area (Å²) in [7, 11) is -2.06. The molecular formula is C18H19NO4S. The average molecular weight is 345 g/mol. The van der Waals surface area contributed by atoms with Gasteiger partial charge in [-0.3, -0.25) is 9.52 Å². The topological polar surface area (TPSA) is 72.5 Å². The predicted molar refractivity (Wildman–Crippen MR) is 92.7 cm³/mol. The molecule has 24 heavy (non-hydrogen) atoms. The van der Waals surface area contributed by atoms with Gasteiger partial charge in [-0.2, -0.15) is 0 Å². The SMILES string of the molecule is COCC1(S(=O)(=O)Nc2cccc(C(=O)c3ccccc3)c2)CC1. The van der Waals surface area contributed by atoms with Crippen LogP contribution in [0.3, 0.4) is 0 Å². The lowest BCUT2D eigenvalue weighted by Gasteiger charge is -2.17. The molecule has 0 aliphatic heterocycles. The molecule has 0 aromatic heterocycles. The van der Waals surface area contributed by atoms with Crippen LogP contribution in [-0.2, 0) is 14.8 Å². The molecule has 6 heteroatoms. The summed E-state index contributed by atoms with van der Waals surface area (Å²) in [6.07, 6.45) is 1.16. The Bertz CT molecular complexity index is 842. The third kappa shape index (κ3) is 3.20. The monoisotopic (exact) mass is 345 g/mol. The summed E-state index contributed by atoms with van der Waals surface area (Å²) < 4.78 is 31.9. The summed E-state index contributed by atoms with van der Waals surface area (Å²) in [5.74, 6) is -0.144. The molecule has 1 N–H and O–H groups in total. The van der Waals surface area contributed by atoms with Crippen molar-refractivity contribution in [2.75, 3.05) is 18.4 Å². The highest BCUT2D eigenvalue weighted by atomic mass is 32.2. The number of nitrogens with one attached hydrogen (secondary N) is 1. The molecule has 0 unspecified atom stereocenters. The fourth-order valence-corrected chi connectivity index (χ4v) is 4.20. The first-order valence-electron chi connectivity index (χ1n) is 7.69. The Hall–Kier alpha value is -2.18. The molecule has 0 bridgehead atoms. The maximum Gasteiger partial charge on any atom is 0.240 e. The summed E-state index contributed by atoms with van der Waals surface area (Å²) in [5.41, 5.74) is 1.40. The number of benzene rings is 2. The number of anilines is 1. The minimum Gasteiger partial charge on any atom is -0.383 e. The lowest BCUT2D eigenvalue weighted by Crippen LogP contribution is -2.33. The number of carbonyl (C=O) groups is 1. The molecule has 2 aromatic rings. The lowest BCUT2D eigenvalue weighted by atomic mass is 10.0. The zero-order chi connectivity index (χ0) is 17.2. The Labute approximate surface area is 141 Å². The Morgan fingerprint density at radius 1 is 1.08 bits per heavy atom. The van der Waals surface area contributed by atoms with Crippen LogP contribution in [0, 0.1) is 0 Å². The van der Waals surface area contributed by atoms with E-state index in [-0.39, 0.29) is 12.4 Å². The molecule has 0 heterocycles. The van der Waals surface area contributed by atoms with Crippen molar-refractivity contribution in [2.45, 2.75) is 17.6 Å². The van der Waals surface area contributed by atoms with Gasteiger partial charge in [-0.25, -0.2) is 8.42 Å². The van der Waals surface area contributed by atoms with Gasteiger partial charge in [0.05, 0.1) is 6.61 Å². The van der Waals surface area contributed by atoms with Crippen LogP contribution in [0.1, 0.15) is 28.8 Å². The fraction of sp³-hybridized carbons (Fsp3) is 0.278. The van der Waals surface area contributed by atoms with Crippen LogP contribution in [0.25, 0.3) is 0 Å². The Morgan fingerprint density at radius 2 is 1.75 bits per heavy atom. The highest BCUT2D eigenvalue weighted by Gasteiger charge is 2.54. The smallest absolute Gasteiger partial charge is 0.240 e. The van der Waals surface area contributed by atoms with Gasteiger partial charge in [0.2, 0.25) is 10.0 Å². The van der Waals surface area contributed by atoms with Crippen molar-refractivity contribution in [3.05, 3.63) is 65.7 Å². The first-order chi connectivity index (χ1) is 11.5. The van der Waals surface area contributed by atoms with E-state index in [1.807, 2.05) is 6.07 Å². The number of hydrogen-bond acceptors (Lipinski definition) is 4. The maximum absolute atomic E-state index is 12.5. The highest BCUT2D eigenvalue weighted by molar-refractivity contribution is 7.94. The molecule has 0 saturated heterocycles. The lowest BCUT2D eigenvalue weighted by molar-refractivity contribution is 0.103. The third-order valence-corrected chi connectivity index (χ3v) is 6.37. The van der Waals surface area contributed by atoms with Gasteiger partial charge in [0.1, 0.15) is 4.75 Å². The average Bonchev–Trinajstić information content (AvgIpc) is 3.37. The van der Waals surface area contributed by atoms with Crippen LogP contribution in [0.4, 0.5) is 5.69 Å². The van der Waals surface area contributed by atoms with Crippen LogP contribution in [0.2, 0.25) is 0 Å². The van der Waals surface area contributed by atoms with Crippen molar-refractivity contribution in [3.63, 3.8) is 0 Å². The largest absolute Gasteiger partial charge is 0.383 e. The summed E-state index contributed by atoms with van der Waals surface area (Å²) in [4.78, 5) is 12.5. The predicted octanol–water partition coefficient (Wildman–Crippen LogP) is 2.84. The van der Waals surface area contributed by atoms with Gasteiger partial charge in [0.25, 0.3) is 0 Å². The van der Waals surface area contributed by atoms with E-state index in [4.69, 9.17) is 4.74 Å². The summed E-state index contributed by atoms with van der Waals surface area (Å²) in [5, 5.41) is 0. The molecule has 0 radical (unpaired) electrons. The van der Waals surface area contributed by atoms with Gasteiger partial charge < -0.3 is 4.74 Å². The maximum atomic E-state index is 12.5. The molecule has 1 aliphatic rings. The molecule has 1 saturated carbocycles. The van der Waals surface area contributed by atoms with Gasteiger partial charge in [-0.05, 0) is 25.0 Å². The fourth-order valence-electron chi connectivity index (χ4n) is 2.64.